The molecule has 6 heteroatoms. The number of halogens is 3. The summed E-state index contributed by atoms with van der Waals surface area (Å²) in [7, 11) is 0. The van der Waals surface area contributed by atoms with Gasteiger partial charge in [-0.1, -0.05) is 29.8 Å². The van der Waals surface area contributed by atoms with Crippen molar-refractivity contribution in [3.63, 3.8) is 0 Å². The van der Waals surface area contributed by atoms with E-state index < -0.39 is 11.7 Å². The van der Waals surface area contributed by atoms with E-state index in [1.165, 1.54) is 12.1 Å². The van der Waals surface area contributed by atoms with E-state index in [0.29, 0.717) is 12.1 Å². The first kappa shape index (κ1) is 19.6. The number of fused-ring (bicyclic) bond motifs is 1. The number of hydrogen-bond donors (Lipinski definition) is 1. The molecule has 0 radical (unpaired) electrons. The normalized spacial score (nSPS) is 17.7. The molecule has 0 spiro atoms. The molecule has 1 aliphatic rings. The van der Waals surface area contributed by atoms with Crippen LogP contribution < -0.4 is 0 Å². The summed E-state index contributed by atoms with van der Waals surface area (Å²) >= 11 is 0. The largest absolute Gasteiger partial charge is 0.508 e. The quantitative estimate of drug-likeness (QED) is 0.627. The molecule has 29 heavy (non-hydrogen) atoms. The number of benzene rings is 2. The topological polar surface area (TPSA) is 28.4 Å². The molecule has 0 fully saturated rings. The van der Waals surface area contributed by atoms with Gasteiger partial charge in [0.1, 0.15) is 5.75 Å². The summed E-state index contributed by atoms with van der Waals surface area (Å²) in [5.74, 6) is 0.207. The number of nitrogens with zero attached hydrogens (tertiary/aromatic N) is 2. The highest BCUT2D eigenvalue weighted by Crippen LogP contribution is 2.37. The molecule has 1 unspecified atom stereocenters. The molecular weight excluding hydrogens is 377 g/mol. The van der Waals surface area contributed by atoms with Crippen molar-refractivity contribution in [3.8, 4) is 5.75 Å². The van der Waals surface area contributed by atoms with Crippen LogP contribution in [0.15, 0.2) is 60.8 Å². The maximum atomic E-state index is 13.3. The third-order valence-corrected chi connectivity index (χ3v) is 5.49. The number of aryl methyl sites for hydroxylation is 2. The number of aromatic nitrogens is 1. The summed E-state index contributed by atoms with van der Waals surface area (Å²) in [6.45, 7) is 3.95. The minimum Gasteiger partial charge on any atom is -0.508 e. The van der Waals surface area contributed by atoms with Crippen LogP contribution in [0.3, 0.4) is 0 Å². The van der Waals surface area contributed by atoms with E-state index in [0.717, 1.165) is 42.4 Å². The Kier molecular flexibility index (Phi) is 5.13. The van der Waals surface area contributed by atoms with Crippen LogP contribution in [0.25, 0.3) is 0 Å². The third-order valence-electron chi connectivity index (χ3n) is 5.49. The molecule has 3 aromatic rings. The van der Waals surface area contributed by atoms with Crippen molar-refractivity contribution in [1.82, 2.24) is 9.47 Å². The van der Waals surface area contributed by atoms with Gasteiger partial charge >= 0.3 is 6.18 Å². The molecule has 152 valence electrons. The van der Waals surface area contributed by atoms with Gasteiger partial charge in [0.15, 0.2) is 0 Å². The third kappa shape index (κ3) is 4.03. The van der Waals surface area contributed by atoms with Crippen LogP contribution in [0.5, 0.6) is 5.75 Å². The molecule has 1 atom stereocenters. The Morgan fingerprint density at radius 2 is 1.86 bits per heavy atom. The van der Waals surface area contributed by atoms with E-state index in [1.54, 1.807) is 12.1 Å². The number of alkyl halides is 3. The van der Waals surface area contributed by atoms with E-state index in [2.05, 4.69) is 9.47 Å². The second-order valence-corrected chi connectivity index (χ2v) is 7.61. The Labute approximate surface area is 168 Å². The zero-order valence-corrected chi connectivity index (χ0v) is 16.2. The second-order valence-electron chi connectivity index (χ2n) is 7.61. The summed E-state index contributed by atoms with van der Waals surface area (Å²) < 4.78 is 42.1. The van der Waals surface area contributed by atoms with E-state index in [4.69, 9.17) is 0 Å². The SMILES string of the molecule is Cc1ccc(O)c(CN2CCCn3cccc3C2c2cccc(C(F)(F)F)c2)c1. The highest BCUT2D eigenvalue weighted by Gasteiger charge is 2.33. The van der Waals surface area contributed by atoms with Crippen molar-refractivity contribution in [2.75, 3.05) is 6.54 Å². The fourth-order valence-electron chi connectivity index (χ4n) is 4.14. The lowest BCUT2D eigenvalue weighted by Crippen LogP contribution is -2.29. The molecule has 2 heterocycles. The first-order valence-corrected chi connectivity index (χ1v) is 9.67. The van der Waals surface area contributed by atoms with Crippen LogP contribution in [0.4, 0.5) is 13.2 Å². The van der Waals surface area contributed by atoms with Crippen LogP contribution >= 0.6 is 0 Å². The van der Waals surface area contributed by atoms with Crippen molar-refractivity contribution in [2.45, 2.75) is 38.7 Å². The minimum absolute atomic E-state index is 0.207. The van der Waals surface area contributed by atoms with Gasteiger partial charge in [0.05, 0.1) is 11.6 Å². The highest BCUT2D eigenvalue weighted by molar-refractivity contribution is 5.38. The molecule has 0 bridgehead atoms. The Morgan fingerprint density at radius 1 is 1.03 bits per heavy atom. The number of phenols is 1. The molecule has 0 amide bonds. The monoisotopic (exact) mass is 400 g/mol. The summed E-state index contributed by atoms with van der Waals surface area (Å²) in [5.41, 5.74) is 2.74. The van der Waals surface area contributed by atoms with Gasteiger partial charge in [0, 0.05) is 37.1 Å². The smallest absolute Gasteiger partial charge is 0.416 e. The van der Waals surface area contributed by atoms with Gasteiger partial charge in [-0.25, -0.2) is 0 Å². The maximum absolute atomic E-state index is 13.3. The predicted molar refractivity (Wildman–Crippen MR) is 106 cm³/mol. The van der Waals surface area contributed by atoms with Gasteiger partial charge in [-0.15, -0.1) is 0 Å². The van der Waals surface area contributed by atoms with Gasteiger partial charge in [-0.3, -0.25) is 4.90 Å². The van der Waals surface area contributed by atoms with Crippen LogP contribution in [0.1, 0.15) is 40.4 Å². The van der Waals surface area contributed by atoms with Gasteiger partial charge in [0.25, 0.3) is 0 Å². The standard InChI is InChI=1S/C23H23F3N2O/c1-16-8-9-21(29)18(13-16)15-28-12-4-11-27-10-3-7-20(27)22(28)17-5-2-6-19(14-17)23(24,25)26/h2-3,5-10,13-14,22,29H,4,11-12,15H2,1H3. The average molecular weight is 400 g/mol. The number of hydrogen-bond acceptors (Lipinski definition) is 2. The van der Waals surface area contributed by atoms with Crippen molar-refractivity contribution in [1.29, 1.82) is 0 Å². The lowest BCUT2D eigenvalue weighted by Gasteiger charge is -2.31. The molecule has 0 saturated carbocycles. The van der Waals surface area contributed by atoms with Crippen molar-refractivity contribution in [3.05, 3.63) is 88.7 Å². The second kappa shape index (κ2) is 7.59. The molecule has 4 rings (SSSR count). The minimum atomic E-state index is -4.39. The summed E-state index contributed by atoms with van der Waals surface area (Å²) in [5, 5.41) is 10.3. The Balaban J connectivity index is 1.79. The highest BCUT2D eigenvalue weighted by atomic mass is 19.4. The lowest BCUT2D eigenvalue weighted by molar-refractivity contribution is -0.137. The fraction of sp³-hybridized carbons (Fsp3) is 0.304. The van der Waals surface area contributed by atoms with Gasteiger partial charge in [-0.05, 0) is 49.2 Å². The zero-order valence-electron chi connectivity index (χ0n) is 16.2. The van der Waals surface area contributed by atoms with Crippen molar-refractivity contribution in [2.24, 2.45) is 0 Å². The van der Waals surface area contributed by atoms with Crippen LogP contribution in [0.2, 0.25) is 0 Å². The van der Waals surface area contributed by atoms with E-state index in [9.17, 15) is 18.3 Å². The van der Waals surface area contributed by atoms with E-state index >= 15 is 0 Å². The van der Waals surface area contributed by atoms with Crippen molar-refractivity contribution >= 4 is 0 Å². The first-order valence-electron chi connectivity index (χ1n) is 9.67. The Bertz CT molecular complexity index is 1010. The van der Waals surface area contributed by atoms with Crippen molar-refractivity contribution < 1.29 is 18.3 Å². The first-order chi connectivity index (χ1) is 13.8. The molecule has 1 aliphatic heterocycles. The predicted octanol–water partition coefficient (Wildman–Crippen LogP) is 5.52. The average Bonchev–Trinajstić information content (AvgIpc) is 3.05. The van der Waals surface area contributed by atoms with Gasteiger partial charge in [0.2, 0.25) is 0 Å². The Hall–Kier alpha value is -2.73. The summed E-state index contributed by atoms with van der Waals surface area (Å²) in [4.78, 5) is 2.16. The zero-order chi connectivity index (χ0) is 20.6. The number of rotatable bonds is 3. The van der Waals surface area contributed by atoms with Crippen LogP contribution in [0, 0.1) is 6.92 Å². The fourth-order valence-corrected chi connectivity index (χ4v) is 4.14. The molecule has 0 aliphatic carbocycles. The number of aromatic hydroxyl groups is 1. The summed E-state index contributed by atoms with van der Waals surface area (Å²) in [6, 6.07) is 14.6. The van der Waals surface area contributed by atoms with E-state index in [1.807, 2.05) is 37.4 Å². The van der Waals surface area contributed by atoms with Crippen LogP contribution in [-0.4, -0.2) is 21.1 Å². The summed E-state index contributed by atoms with van der Waals surface area (Å²) in [6.07, 6.45) is -1.53. The van der Waals surface area contributed by atoms with Gasteiger partial charge in [-0.2, -0.15) is 13.2 Å². The molecule has 1 aromatic heterocycles. The lowest BCUT2D eigenvalue weighted by atomic mass is 9.98. The van der Waals surface area contributed by atoms with Crippen LogP contribution in [-0.2, 0) is 19.3 Å². The molecule has 1 N–H and O–H groups in total. The number of phenolic OH excluding ortho intramolecular Hbond substituents is 1. The maximum Gasteiger partial charge on any atom is 0.416 e. The molecule has 0 saturated heterocycles. The molecule has 2 aromatic carbocycles. The van der Waals surface area contributed by atoms with E-state index in [-0.39, 0.29) is 11.8 Å². The Morgan fingerprint density at radius 3 is 2.66 bits per heavy atom. The van der Waals surface area contributed by atoms with Gasteiger partial charge < -0.3 is 9.67 Å². The molecule has 3 nitrogen and oxygen atoms in total. The molecular formula is C23H23F3N2O.